The van der Waals surface area contributed by atoms with Gasteiger partial charge in [0.25, 0.3) is 0 Å². The van der Waals surface area contributed by atoms with Gasteiger partial charge < -0.3 is 4.74 Å². The normalized spacial score (nSPS) is 12.4. The molecule has 1 heterocycles. The molecule has 0 aliphatic heterocycles. The molecule has 1 atom stereocenters. The van der Waals surface area contributed by atoms with E-state index in [4.69, 9.17) is 16.3 Å². The maximum Gasteiger partial charge on any atom is 0.118 e. The monoisotopic (exact) mass is 239 g/mol. The van der Waals surface area contributed by atoms with Crippen LogP contribution < -0.4 is 4.74 Å². The summed E-state index contributed by atoms with van der Waals surface area (Å²) in [4.78, 5) is 4.19. The summed E-state index contributed by atoms with van der Waals surface area (Å²) in [6, 6.07) is 7.71. The Labute approximate surface area is 97.5 Å². The fourth-order valence-corrected chi connectivity index (χ4v) is 2.21. The van der Waals surface area contributed by atoms with Gasteiger partial charge in [0.05, 0.1) is 18.3 Å². The lowest BCUT2D eigenvalue weighted by Gasteiger charge is -2.07. The number of ether oxygens (including phenoxy) is 1. The van der Waals surface area contributed by atoms with Crippen molar-refractivity contribution in [2.75, 3.05) is 7.11 Å². The zero-order chi connectivity index (χ0) is 10.7. The first-order chi connectivity index (χ1) is 7.31. The molecular formula is C11H10ClNOS. The van der Waals surface area contributed by atoms with Crippen LogP contribution in [0.1, 0.15) is 16.6 Å². The molecule has 0 aliphatic carbocycles. The number of halogens is 1. The summed E-state index contributed by atoms with van der Waals surface area (Å²) in [5, 5.41) is 1.78. The van der Waals surface area contributed by atoms with Crippen LogP contribution in [-0.4, -0.2) is 12.1 Å². The number of hydrogen-bond acceptors (Lipinski definition) is 3. The molecule has 0 aliphatic rings. The highest BCUT2D eigenvalue weighted by molar-refractivity contribution is 7.07. The van der Waals surface area contributed by atoms with Gasteiger partial charge in [0.2, 0.25) is 0 Å². The first-order valence-corrected chi connectivity index (χ1v) is 5.85. The van der Waals surface area contributed by atoms with Crippen LogP contribution in [0.15, 0.2) is 35.2 Å². The Hall–Kier alpha value is -1.06. The lowest BCUT2D eigenvalue weighted by Crippen LogP contribution is -1.93. The maximum absolute atomic E-state index is 6.27. The van der Waals surface area contributed by atoms with Gasteiger partial charge in [-0.15, -0.1) is 22.9 Å². The number of benzene rings is 1. The SMILES string of the molecule is COc1ccc(C(Cl)c2cscn2)cc1. The molecular weight excluding hydrogens is 230 g/mol. The molecule has 0 fully saturated rings. The van der Waals surface area contributed by atoms with Crippen LogP contribution in [0.5, 0.6) is 5.75 Å². The fraction of sp³-hybridized carbons (Fsp3) is 0.182. The van der Waals surface area contributed by atoms with Crippen LogP contribution in [0.2, 0.25) is 0 Å². The second-order valence-electron chi connectivity index (χ2n) is 3.05. The van der Waals surface area contributed by atoms with Crippen LogP contribution in [0.3, 0.4) is 0 Å². The average molecular weight is 240 g/mol. The van der Waals surface area contributed by atoms with E-state index in [1.165, 1.54) is 0 Å². The van der Waals surface area contributed by atoms with Gasteiger partial charge in [-0.05, 0) is 17.7 Å². The minimum atomic E-state index is -0.179. The molecule has 1 aromatic heterocycles. The summed E-state index contributed by atoms with van der Waals surface area (Å²) in [5.41, 5.74) is 3.71. The number of rotatable bonds is 3. The molecule has 15 heavy (non-hydrogen) atoms. The van der Waals surface area contributed by atoms with E-state index in [0.717, 1.165) is 17.0 Å². The first-order valence-electron chi connectivity index (χ1n) is 4.47. The molecule has 0 saturated carbocycles. The predicted molar refractivity (Wildman–Crippen MR) is 62.8 cm³/mol. The smallest absolute Gasteiger partial charge is 0.118 e. The first kappa shape index (κ1) is 10.5. The minimum Gasteiger partial charge on any atom is -0.497 e. The number of hydrogen-bond donors (Lipinski definition) is 0. The summed E-state index contributed by atoms with van der Waals surface area (Å²) in [7, 11) is 1.65. The number of thiazole rings is 1. The van der Waals surface area contributed by atoms with E-state index in [2.05, 4.69) is 4.98 Å². The standard InChI is InChI=1S/C11H10ClNOS/c1-14-9-4-2-8(3-5-9)11(12)10-6-15-7-13-10/h2-7,11H,1H3. The quantitative estimate of drug-likeness (QED) is 0.765. The second kappa shape index (κ2) is 4.64. The van der Waals surface area contributed by atoms with Crippen molar-refractivity contribution in [2.24, 2.45) is 0 Å². The van der Waals surface area contributed by atoms with Crippen molar-refractivity contribution in [1.29, 1.82) is 0 Å². The Bertz CT molecular complexity index is 413. The third-order valence-electron chi connectivity index (χ3n) is 2.12. The van der Waals surface area contributed by atoms with E-state index in [9.17, 15) is 0 Å². The lowest BCUT2D eigenvalue weighted by molar-refractivity contribution is 0.414. The Morgan fingerprint density at radius 1 is 1.33 bits per heavy atom. The zero-order valence-corrected chi connectivity index (χ0v) is 9.76. The highest BCUT2D eigenvalue weighted by Gasteiger charge is 2.12. The molecule has 0 amide bonds. The summed E-state index contributed by atoms with van der Waals surface area (Å²) in [5.74, 6) is 0.834. The summed E-state index contributed by atoms with van der Waals surface area (Å²) in [6.45, 7) is 0. The van der Waals surface area contributed by atoms with Crippen molar-refractivity contribution < 1.29 is 4.74 Å². The Morgan fingerprint density at radius 3 is 2.60 bits per heavy atom. The van der Waals surface area contributed by atoms with Crippen LogP contribution in [0, 0.1) is 0 Å². The van der Waals surface area contributed by atoms with Crippen molar-refractivity contribution in [3.63, 3.8) is 0 Å². The van der Waals surface area contributed by atoms with Gasteiger partial charge in [-0.3, -0.25) is 0 Å². The van der Waals surface area contributed by atoms with Crippen molar-refractivity contribution in [2.45, 2.75) is 5.38 Å². The zero-order valence-electron chi connectivity index (χ0n) is 8.18. The van der Waals surface area contributed by atoms with Gasteiger partial charge in [0.1, 0.15) is 11.1 Å². The number of aromatic nitrogens is 1. The molecule has 0 spiro atoms. The number of nitrogens with zero attached hydrogens (tertiary/aromatic N) is 1. The highest BCUT2D eigenvalue weighted by atomic mass is 35.5. The fourth-order valence-electron chi connectivity index (χ4n) is 1.29. The molecule has 78 valence electrons. The van der Waals surface area contributed by atoms with Gasteiger partial charge in [-0.2, -0.15) is 0 Å². The second-order valence-corrected chi connectivity index (χ2v) is 4.20. The van der Waals surface area contributed by atoms with Crippen molar-refractivity contribution >= 4 is 22.9 Å². The average Bonchev–Trinajstić information content (AvgIpc) is 2.82. The Balaban J connectivity index is 2.22. The highest BCUT2D eigenvalue weighted by Crippen LogP contribution is 2.29. The van der Waals surface area contributed by atoms with Crippen molar-refractivity contribution in [3.8, 4) is 5.75 Å². The van der Waals surface area contributed by atoms with Crippen molar-refractivity contribution in [1.82, 2.24) is 4.98 Å². The van der Waals surface area contributed by atoms with Gasteiger partial charge in [-0.1, -0.05) is 12.1 Å². The summed E-state index contributed by atoms with van der Waals surface area (Å²) < 4.78 is 5.08. The van der Waals surface area contributed by atoms with E-state index in [1.807, 2.05) is 29.6 Å². The summed E-state index contributed by atoms with van der Waals surface area (Å²) in [6.07, 6.45) is 0. The van der Waals surface area contributed by atoms with E-state index < -0.39 is 0 Å². The van der Waals surface area contributed by atoms with E-state index in [-0.39, 0.29) is 5.38 Å². The molecule has 4 heteroatoms. The number of methoxy groups -OCH3 is 1. The molecule has 0 radical (unpaired) electrons. The molecule has 0 bridgehead atoms. The third kappa shape index (κ3) is 2.30. The topological polar surface area (TPSA) is 22.1 Å². The van der Waals surface area contributed by atoms with Crippen LogP contribution in [0.4, 0.5) is 0 Å². The summed E-state index contributed by atoms with van der Waals surface area (Å²) >= 11 is 7.82. The lowest BCUT2D eigenvalue weighted by atomic mass is 10.1. The molecule has 1 unspecified atom stereocenters. The van der Waals surface area contributed by atoms with Gasteiger partial charge in [0.15, 0.2) is 0 Å². The van der Waals surface area contributed by atoms with Gasteiger partial charge in [-0.25, -0.2) is 4.98 Å². The largest absolute Gasteiger partial charge is 0.497 e. The Kier molecular flexibility index (Phi) is 3.23. The molecule has 2 rings (SSSR count). The van der Waals surface area contributed by atoms with Crippen LogP contribution in [-0.2, 0) is 0 Å². The third-order valence-corrected chi connectivity index (χ3v) is 3.20. The number of alkyl halides is 1. The van der Waals surface area contributed by atoms with Crippen LogP contribution >= 0.6 is 22.9 Å². The molecule has 2 aromatic rings. The van der Waals surface area contributed by atoms with Crippen LogP contribution in [0.25, 0.3) is 0 Å². The van der Waals surface area contributed by atoms with Gasteiger partial charge in [0, 0.05) is 5.38 Å². The predicted octanol–water partition coefficient (Wildman–Crippen LogP) is 3.48. The minimum absolute atomic E-state index is 0.179. The molecule has 1 aromatic carbocycles. The van der Waals surface area contributed by atoms with Crippen molar-refractivity contribution in [3.05, 3.63) is 46.4 Å². The molecule has 0 saturated heterocycles. The molecule has 2 nitrogen and oxygen atoms in total. The van der Waals surface area contributed by atoms with E-state index >= 15 is 0 Å². The van der Waals surface area contributed by atoms with E-state index in [0.29, 0.717) is 0 Å². The Morgan fingerprint density at radius 2 is 2.07 bits per heavy atom. The van der Waals surface area contributed by atoms with E-state index in [1.54, 1.807) is 24.0 Å². The van der Waals surface area contributed by atoms with Gasteiger partial charge >= 0.3 is 0 Å². The maximum atomic E-state index is 6.27. The molecule has 0 N–H and O–H groups in total.